The van der Waals surface area contributed by atoms with Gasteiger partial charge in [-0.3, -0.25) is 0 Å². The summed E-state index contributed by atoms with van der Waals surface area (Å²) in [5.74, 6) is 0. The predicted molar refractivity (Wildman–Crippen MR) is 56.9 cm³/mol. The van der Waals surface area contributed by atoms with Gasteiger partial charge in [0.15, 0.2) is 0 Å². The van der Waals surface area contributed by atoms with Crippen LogP contribution in [0.15, 0.2) is 24.3 Å². The van der Waals surface area contributed by atoms with Crippen LogP contribution in [0, 0.1) is 0 Å². The highest BCUT2D eigenvalue weighted by Crippen LogP contribution is 2.26. The van der Waals surface area contributed by atoms with Gasteiger partial charge in [0, 0.05) is 0 Å². The Morgan fingerprint density at radius 1 is 1.21 bits per heavy atom. The number of aryl methyl sites for hydroxylation is 1. The van der Waals surface area contributed by atoms with Crippen molar-refractivity contribution in [2.24, 2.45) is 5.73 Å². The van der Waals surface area contributed by atoms with Gasteiger partial charge in [0.2, 0.25) is 0 Å². The summed E-state index contributed by atoms with van der Waals surface area (Å²) >= 11 is 0. The Labute approximate surface area is 84.7 Å². The average molecular weight is 191 g/mol. The normalized spacial score (nSPS) is 27.6. The van der Waals surface area contributed by atoms with Crippen molar-refractivity contribution < 1.29 is 5.11 Å². The fourth-order valence-corrected chi connectivity index (χ4v) is 2.14. The topological polar surface area (TPSA) is 46.2 Å². The molecule has 76 valence electrons. The van der Waals surface area contributed by atoms with Crippen LogP contribution < -0.4 is 5.73 Å². The van der Waals surface area contributed by atoms with E-state index in [1.54, 1.807) is 0 Å². The zero-order chi connectivity index (χ0) is 9.97. The number of nitrogens with two attached hydrogens (primary N) is 1. The standard InChI is InChI=1S/C12H17NO/c13-12-10-7-3-1-5-9(10)6-2-4-8-11(12)14/h1,3,5,7,11-12,14H,2,4,6,8,13H2/t11-,12-/m1/s1. The van der Waals surface area contributed by atoms with Gasteiger partial charge < -0.3 is 10.8 Å². The molecular weight excluding hydrogens is 174 g/mol. The van der Waals surface area contributed by atoms with Crippen LogP contribution >= 0.6 is 0 Å². The second kappa shape index (κ2) is 4.11. The molecule has 0 heterocycles. The molecule has 1 aliphatic carbocycles. The second-order valence-corrected chi connectivity index (χ2v) is 4.04. The molecule has 0 bridgehead atoms. The van der Waals surface area contributed by atoms with Crippen LogP contribution in [-0.4, -0.2) is 11.2 Å². The van der Waals surface area contributed by atoms with Crippen molar-refractivity contribution in [1.82, 2.24) is 0 Å². The first-order chi connectivity index (χ1) is 6.79. The molecule has 2 nitrogen and oxygen atoms in total. The fraction of sp³-hybridized carbons (Fsp3) is 0.500. The van der Waals surface area contributed by atoms with Crippen molar-refractivity contribution in [3.05, 3.63) is 35.4 Å². The molecule has 0 unspecified atom stereocenters. The van der Waals surface area contributed by atoms with E-state index in [9.17, 15) is 5.11 Å². The van der Waals surface area contributed by atoms with E-state index >= 15 is 0 Å². The molecule has 0 saturated heterocycles. The van der Waals surface area contributed by atoms with Gasteiger partial charge in [0.25, 0.3) is 0 Å². The number of hydrogen-bond acceptors (Lipinski definition) is 2. The van der Waals surface area contributed by atoms with Gasteiger partial charge in [0.1, 0.15) is 0 Å². The third kappa shape index (κ3) is 1.81. The molecule has 1 aromatic carbocycles. The van der Waals surface area contributed by atoms with Gasteiger partial charge in [-0.2, -0.15) is 0 Å². The minimum Gasteiger partial charge on any atom is -0.391 e. The minimum atomic E-state index is -0.378. The lowest BCUT2D eigenvalue weighted by Crippen LogP contribution is -2.28. The molecular formula is C12H17NO. The van der Waals surface area contributed by atoms with Gasteiger partial charge >= 0.3 is 0 Å². The third-order valence-electron chi connectivity index (χ3n) is 3.02. The largest absolute Gasteiger partial charge is 0.391 e. The smallest absolute Gasteiger partial charge is 0.0732 e. The molecule has 0 spiro atoms. The molecule has 0 radical (unpaired) electrons. The summed E-state index contributed by atoms with van der Waals surface area (Å²) in [5.41, 5.74) is 8.44. The quantitative estimate of drug-likeness (QED) is 0.656. The van der Waals surface area contributed by atoms with E-state index in [4.69, 9.17) is 5.73 Å². The lowest BCUT2D eigenvalue weighted by atomic mass is 9.89. The Kier molecular flexibility index (Phi) is 2.85. The summed E-state index contributed by atoms with van der Waals surface area (Å²) in [6.45, 7) is 0. The zero-order valence-corrected chi connectivity index (χ0v) is 8.32. The number of benzene rings is 1. The molecule has 0 aromatic heterocycles. The summed E-state index contributed by atoms with van der Waals surface area (Å²) in [6, 6.07) is 7.99. The van der Waals surface area contributed by atoms with Gasteiger partial charge in [-0.1, -0.05) is 30.7 Å². The zero-order valence-electron chi connectivity index (χ0n) is 8.32. The molecule has 0 amide bonds. The third-order valence-corrected chi connectivity index (χ3v) is 3.02. The highest BCUT2D eigenvalue weighted by Gasteiger charge is 2.20. The molecule has 0 saturated carbocycles. The monoisotopic (exact) mass is 191 g/mol. The summed E-state index contributed by atoms with van der Waals surface area (Å²) in [4.78, 5) is 0. The maximum Gasteiger partial charge on any atom is 0.0732 e. The maximum atomic E-state index is 9.80. The van der Waals surface area contributed by atoms with E-state index in [0.717, 1.165) is 31.2 Å². The molecule has 0 aliphatic heterocycles. The van der Waals surface area contributed by atoms with Crippen molar-refractivity contribution in [2.45, 2.75) is 37.8 Å². The predicted octanol–water partition coefficient (Wildman–Crippen LogP) is 1.77. The summed E-state index contributed by atoms with van der Waals surface area (Å²) < 4.78 is 0. The van der Waals surface area contributed by atoms with E-state index in [-0.39, 0.29) is 12.1 Å². The first-order valence-electron chi connectivity index (χ1n) is 5.30. The van der Waals surface area contributed by atoms with Gasteiger partial charge in [0.05, 0.1) is 12.1 Å². The molecule has 14 heavy (non-hydrogen) atoms. The van der Waals surface area contributed by atoms with Crippen molar-refractivity contribution in [2.75, 3.05) is 0 Å². The van der Waals surface area contributed by atoms with Crippen LogP contribution in [0.25, 0.3) is 0 Å². The Morgan fingerprint density at radius 3 is 2.86 bits per heavy atom. The molecule has 3 N–H and O–H groups in total. The van der Waals surface area contributed by atoms with Crippen molar-refractivity contribution in [3.63, 3.8) is 0 Å². The molecule has 2 atom stereocenters. The lowest BCUT2D eigenvalue weighted by Gasteiger charge is -2.24. The van der Waals surface area contributed by atoms with Crippen molar-refractivity contribution in [3.8, 4) is 0 Å². The average Bonchev–Trinajstić information content (AvgIpc) is 2.22. The lowest BCUT2D eigenvalue weighted by molar-refractivity contribution is 0.129. The van der Waals surface area contributed by atoms with Crippen LogP contribution in [0.1, 0.15) is 36.4 Å². The molecule has 1 aromatic rings. The summed E-state index contributed by atoms with van der Waals surface area (Å²) in [5, 5.41) is 9.80. The Balaban J connectivity index is 2.35. The molecule has 1 aliphatic rings. The van der Waals surface area contributed by atoms with E-state index < -0.39 is 0 Å². The first kappa shape index (κ1) is 9.69. The fourth-order valence-electron chi connectivity index (χ4n) is 2.14. The van der Waals surface area contributed by atoms with Gasteiger partial charge in [-0.15, -0.1) is 0 Å². The Hall–Kier alpha value is -0.860. The number of fused-ring (bicyclic) bond motifs is 1. The maximum absolute atomic E-state index is 9.80. The van der Waals surface area contributed by atoms with E-state index in [1.165, 1.54) is 5.56 Å². The van der Waals surface area contributed by atoms with Crippen LogP contribution in [0.3, 0.4) is 0 Å². The summed E-state index contributed by atoms with van der Waals surface area (Å²) in [7, 11) is 0. The highest BCUT2D eigenvalue weighted by atomic mass is 16.3. The van der Waals surface area contributed by atoms with E-state index in [1.807, 2.05) is 18.2 Å². The SMILES string of the molecule is N[C@@H]1c2ccccc2CCCC[C@H]1O. The van der Waals surface area contributed by atoms with E-state index in [2.05, 4.69) is 6.07 Å². The molecule has 2 heteroatoms. The van der Waals surface area contributed by atoms with Crippen LogP contribution in [0.4, 0.5) is 0 Å². The molecule has 2 rings (SSSR count). The minimum absolute atomic E-state index is 0.202. The number of aliphatic hydroxyl groups excluding tert-OH is 1. The van der Waals surface area contributed by atoms with Crippen molar-refractivity contribution >= 4 is 0 Å². The van der Waals surface area contributed by atoms with Gasteiger partial charge in [-0.25, -0.2) is 0 Å². The van der Waals surface area contributed by atoms with Crippen LogP contribution in [0.2, 0.25) is 0 Å². The number of rotatable bonds is 0. The van der Waals surface area contributed by atoms with Crippen LogP contribution in [0.5, 0.6) is 0 Å². The second-order valence-electron chi connectivity index (χ2n) is 4.04. The highest BCUT2D eigenvalue weighted by molar-refractivity contribution is 5.31. The van der Waals surface area contributed by atoms with Gasteiger partial charge in [-0.05, 0) is 30.4 Å². The Bertz CT molecular complexity index is 311. The molecule has 0 fully saturated rings. The number of aliphatic hydroxyl groups is 1. The van der Waals surface area contributed by atoms with Crippen LogP contribution in [-0.2, 0) is 6.42 Å². The number of hydrogen-bond donors (Lipinski definition) is 2. The first-order valence-corrected chi connectivity index (χ1v) is 5.30. The van der Waals surface area contributed by atoms with E-state index in [0.29, 0.717) is 0 Å². The Morgan fingerprint density at radius 2 is 2.00 bits per heavy atom. The van der Waals surface area contributed by atoms with Crippen molar-refractivity contribution in [1.29, 1.82) is 0 Å². The summed E-state index contributed by atoms with van der Waals surface area (Å²) in [6.07, 6.45) is 3.77.